The minimum atomic E-state index is -0.219. The van der Waals surface area contributed by atoms with Crippen LogP contribution >= 0.6 is 11.6 Å². The number of aromatic nitrogens is 1. The number of nitrogens with zero attached hydrogens (tertiary/aromatic N) is 1. The molecule has 0 unspecified atom stereocenters. The Hall–Kier alpha value is -2.00. The number of ether oxygens (including phenoxy) is 1. The Bertz CT molecular complexity index is 809. The zero-order valence-electron chi connectivity index (χ0n) is 9.86. The van der Waals surface area contributed by atoms with Crippen LogP contribution in [0.1, 0.15) is 0 Å². The van der Waals surface area contributed by atoms with Crippen LogP contribution in [0, 0.1) is 5.82 Å². The fourth-order valence-electron chi connectivity index (χ4n) is 2.57. The van der Waals surface area contributed by atoms with E-state index in [9.17, 15) is 4.39 Å². The highest BCUT2D eigenvalue weighted by atomic mass is 35.5. The molecule has 3 aromatic rings. The molecule has 0 fully saturated rings. The maximum atomic E-state index is 13.8. The van der Waals surface area contributed by atoms with E-state index >= 15 is 0 Å². The SMILES string of the molecule is Fc1cccc2c1cc1n2COc2ccc(Cl)cc2-1. The van der Waals surface area contributed by atoms with Crippen molar-refractivity contribution in [1.29, 1.82) is 0 Å². The lowest BCUT2D eigenvalue weighted by Crippen LogP contribution is -2.12. The zero-order chi connectivity index (χ0) is 13.0. The summed E-state index contributed by atoms with van der Waals surface area (Å²) in [5, 5.41) is 1.25. The van der Waals surface area contributed by atoms with E-state index in [1.54, 1.807) is 12.1 Å². The number of fused-ring (bicyclic) bond motifs is 5. The average molecular weight is 274 g/mol. The van der Waals surface area contributed by atoms with Crippen LogP contribution in [-0.2, 0) is 6.73 Å². The molecule has 4 rings (SSSR count). The summed E-state index contributed by atoms with van der Waals surface area (Å²) in [6, 6.07) is 12.4. The van der Waals surface area contributed by atoms with Crippen LogP contribution in [0.15, 0.2) is 42.5 Å². The quantitative estimate of drug-likeness (QED) is 0.590. The molecule has 0 radical (unpaired) electrons. The third-order valence-corrected chi connectivity index (χ3v) is 3.69. The van der Waals surface area contributed by atoms with Crippen molar-refractivity contribution >= 4 is 22.5 Å². The maximum absolute atomic E-state index is 13.8. The van der Waals surface area contributed by atoms with E-state index in [1.807, 2.05) is 28.8 Å². The van der Waals surface area contributed by atoms with Gasteiger partial charge < -0.3 is 9.30 Å². The summed E-state index contributed by atoms with van der Waals surface area (Å²) < 4.78 is 21.5. The monoisotopic (exact) mass is 273 g/mol. The van der Waals surface area contributed by atoms with Crippen molar-refractivity contribution in [2.45, 2.75) is 6.73 Å². The van der Waals surface area contributed by atoms with Crippen molar-refractivity contribution in [2.75, 3.05) is 0 Å². The highest BCUT2D eigenvalue weighted by Crippen LogP contribution is 2.39. The van der Waals surface area contributed by atoms with Gasteiger partial charge in [-0.15, -0.1) is 0 Å². The summed E-state index contributed by atoms with van der Waals surface area (Å²) in [6.07, 6.45) is 0. The summed E-state index contributed by atoms with van der Waals surface area (Å²) in [5.41, 5.74) is 2.67. The Kier molecular flexibility index (Phi) is 2.15. The van der Waals surface area contributed by atoms with E-state index in [0.29, 0.717) is 17.1 Å². The Morgan fingerprint density at radius 1 is 1.16 bits per heavy atom. The van der Waals surface area contributed by atoms with Crippen LogP contribution in [0.5, 0.6) is 5.75 Å². The van der Waals surface area contributed by atoms with E-state index in [1.165, 1.54) is 6.07 Å². The number of rotatable bonds is 0. The number of hydrogen-bond acceptors (Lipinski definition) is 1. The summed E-state index contributed by atoms with van der Waals surface area (Å²) in [4.78, 5) is 0. The molecule has 0 N–H and O–H groups in total. The Labute approximate surface area is 114 Å². The lowest BCUT2D eigenvalue weighted by Gasteiger charge is -2.21. The van der Waals surface area contributed by atoms with Crippen LogP contribution in [0.25, 0.3) is 22.2 Å². The molecule has 94 valence electrons. The molecule has 0 saturated heterocycles. The van der Waals surface area contributed by atoms with Gasteiger partial charge in [0.25, 0.3) is 0 Å². The molecule has 2 nitrogen and oxygen atoms in total. The van der Waals surface area contributed by atoms with Crippen molar-refractivity contribution in [1.82, 2.24) is 4.57 Å². The van der Waals surface area contributed by atoms with Gasteiger partial charge in [-0.05, 0) is 36.4 Å². The van der Waals surface area contributed by atoms with Crippen LogP contribution < -0.4 is 4.74 Å². The Balaban J connectivity index is 2.09. The summed E-state index contributed by atoms with van der Waals surface area (Å²) in [6.45, 7) is 0.386. The van der Waals surface area contributed by atoms with Gasteiger partial charge in [0.2, 0.25) is 0 Å². The Morgan fingerprint density at radius 2 is 2.05 bits per heavy atom. The fourth-order valence-corrected chi connectivity index (χ4v) is 2.74. The van der Waals surface area contributed by atoms with E-state index in [0.717, 1.165) is 22.5 Å². The van der Waals surface area contributed by atoms with Gasteiger partial charge in [0, 0.05) is 16.0 Å². The molecule has 1 aliphatic rings. The van der Waals surface area contributed by atoms with Gasteiger partial charge in [-0.3, -0.25) is 0 Å². The molecule has 1 aromatic heterocycles. The minimum absolute atomic E-state index is 0.219. The highest BCUT2D eigenvalue weighted by Gasteiger charge is 2.20. The topological polar surface area (TPSA) is 14.2 Å². The maximum Gasteiger partial charge on any atom is 0.165 e. The summed E-state index contributed by atoms with van der Waals surface area (Å²) >= 11 is 6.03. The number of hydrogen-bond donors (Lipinski definition) is 0. The lowest BCUT2D eigenvalue weighted by atomic mass is 10.1. The van der Waals surface area contributed by atoms with Crippen molar-refractivity contribution in [3.8, 4) is 17.0 Å². The van der Waals surface area contributed by atoms with Crippen molar-refractivity contribution in [2.24, 2.45) is 0 Å². The van der Waals surface area contributed by atoms with Crippen molar-refractivity contribution in [3.63, 3.8) is 0 Å². The van der Waals surface area contributed by atoms with E-state index in [2.05, 4.69) is 0 Å². The molecule has 0 bridgehead atoms. The second-order valence-electron chi connectivity index (χ2n) is 4.54. The van der Waals surface area contributed by atoms with Gasteiger partial charge in [0.15, 0.2) is 6.73 Å². The van der Waals surface area contributed by atoms with Crippen LogP contribution in [0.4, 0.5) is 4.39 Å². The van der Waals surface area contributed by atoms with Gasteiger partial charge >= 0.3 is 0 Å². The summed E-state index contributed by atoms with van der Waals surface area (Å²) in [7, 11) is 0. The molecule has 19 heavy (non-hydrogen) atoms. The van der Waals surface area contributed by atoms with Crippen LogP contribution in [0.2, 0.25) is 5.02 Å². The average Bonchev–Trinajstić information content (AvgIpc) is 2.79. The van der Waals surface area contributed by atoms with E-state index < -0.39 is 0 Å². The first kappa shape index (κ1) is 10.9. The Morgan fingerprint density at radius 3 is 2.95 bits per heavy atom. The van der Waals surface area contributed by atoms with Crippen LogP contribution in [0.3, 0.4) is 0 Å². The molecule has 0 aliphatic carbocycles. The molecule has 4 heteroatoms. The summed E-state index contributed by atoms with van der Waals surface area (Å²) in [5.74, 6) is 0.558. The van der Waals surface area contributed by atoms with Gasteiger partial charge in [-0.1, -0.05) is 17.7 Å². The second-order valence-corrected chi connectivity index (χ2v) is 4.98. The first-order valence-corrected chi connectivity index (χ1v) is 6.32. The normalized spacial score (nSPS) is 12.9. The molecule has 1 aliphatic heterocycles. The molecule has 0 spiro atoms. The molecular weight excluding hydrogens is 265 g/mol. The second kappa shape index (κ2) is 3.75. The van der Waals surface area contributed by atoms with Crippen LogP contribution in [-0.4, -0.2) is 4.57 Å². The van der Waals surface area contributed by atoms with E-state index in [4.69, 9.17) is 16.3 Å². The highest BCUT2D eigenvalue weighted by molar-refractivity contribution is 6.31. The predicted molar refractivity (Wildman–Crippen MR) is 73.0 cm³/mol. The van der Waals surface area contributed by atoms with Gasteiger partial charge in [0.05, 0.1) is 11.2 Å². The van der Waals surface area contributed by atoms with Gasteiger partial charge in [-0.2, -0.15) is 0 Å². The predicted octanol–water partition coefficient (Wildman–Crippen LogP) is 4.45. The molecule has 0 atom stereocenters. The van der Waals surface area contributed by atoms with Gasteiger partial charge in [0.1, 0.15) is 11.6 Å². The molecule has 2 aromatic carbocycles. The molecular formula is C15H9ClFNO. The largest absolute Gasteiger partial charge is 0.472 e. The first-order chi connectivity index (χ1) is 9.24. The third-order valence-electron chi connectivity index (χ3n) is 3.46. The van der Waals surface area contributed by atoms with E-state index in [-0.39, 0.29) is 5.82 Å². The third kappa shape index (κ3) is 1.48. The number of benzene rings is 2. The molecule has 0 saturated carbocycles. The lowest BCUT2D eigenvalue weighted by molar-refractivity contribution is 0.235. The first-order valence-electron chi connectivity index (χ1n) is 5.94. The standard InChI is InChI=1S/C15H9ClFNO/c16-9-4-5-15-11(6-9)14-7-10-12(17)2-1-3-13(10)18(14)8-19-15/h1-7H,8H2. The zero-order valence-corrected chi connectivity index (χ0v) is 10.6. The number of halogens is 2. The van der Waals surface area contributed by atoms with Gasteiger partial charge in [-0.25, -0.2) is 4.39 Å². The molecule has 0 amide bonds. The minimum Gasteiger partial charge on any atom is -0.472 e. The van der Waals surface area contributed by atoms with Crippen molar-refractivity contribution in [3.05, 3.63) is 53.3 Å². The molecule has 2 heterocycles. The van der Waals surface area contributed by atoms with Crippen molar-refractivity contribution < 1.29 is 9.13 Å². The fraction of sp³-hybridized carbons (Fsp3) is 0.0667. The smallest absolute Gasteiger partial charge is 0.165 e.